The van der Waals surface area contributed by atoms with Gasteiger partial charge in [0.25, 0.3) is 0 Å². The van der Waals surface area contributed by atoms with E-state index < -0.39 is 15.7 Å². The third-order valence-corrected chi connectivity index (χ3v) is 7.89. The maximum absolute atomic E-state index is 14.4. The number of anilines is 1. The van der Waals surface area contributed by atoms with Gasteiger partial charge in [-0.25, -0.2) is 12.8 Å². The highest BCUT2D eigenvalue weighted by atomic mass is 35.5. The SMILES string of the molecule is O=S1(=O)CC2N=C(SCc3ccc(Cl)cc3Cl)N(c3ccccc3F)C2C1. The molecule has 0 aromatic heterocycles. The van der Waals surface area contributed by atoms with Crippen LogP contribution in [0, 0.1) is 5.82 Å². The maximum atomic E-state index is 14.4. The van der Waals surface area contributed by atoms with Gasteiger partial charge in [-0.2, -0.15) is 0 Å². The van der Waals surface area contributed by atoms with Crippen LogP contribution >= 0.6 is 35.0 Å². The fourth-order valence-corrected chi connectivity index (χ4v) is 6.86. The quantitative estimate of drug-likeness (QED) is 0.703. The van der Waals surface area contributed by atoms with Gasteiger partial charge in [-0.15, -0.1) is 0 Å². The molecule has 0 radical (unpaired) electrons. The molecule has 2 atom stereocenters. The number of fused-ring (bicyclic) bond motifs is 1. The van der Waals surface area contributed by atoms with Crippen molar-refractivity contribution >= 4 is 55.7 Å². The molecule has 4 nitrogen and oxygen atoms in total. The van der Waals surface area contributed by atoms with E-state index in [-0.39, 0.29) is 23.6 Å². The molecule has 2 aliphatic rings. The van der Waals surface area contributed by atoms with E-state index in [1.54, 1.807) is 35.2 Å². The summed E-state index contributed by atoms with van der Waals surface area (Å²) in [5, 5.41) is 1.71. The van der Waals surface area contributed by atoms with Crippen molar-refractivity contribution in [1.82, 2.24) is 0 Å². The number of hydrogen-bond acceptors (Lipinski definition) is 5. The lowest BCUT2D eigenvalue weighted by atomic mass is 10.1. The van der Waals surface area contributed by atoms with Crippen LogP contribution in [-0.2, 0) is 15.6 Å². The number of aliphatic imine (C=N–C) groups is 1. The minimum atomic E-state index is -3.18. The molecule has 9 heteroatoms. The van der Waals surface area contributed by atoms with Crippen LogP contribution in [0.5, 0.6) is 0 Å². The fraction of sp³-hybridized carbons (Fsp3) is 0.278. The van der Waals surface area contributed by atoms with Gasteiger partial charge >= 0.3 is 0 Å². The van der Waals surface area contributed by atoms with Gasteiger partial charge < -0.3 is 4.90 Å². The summed E-state index contributed by atoms with van der Waals surface area (Å²) in [5.74, 6) is 0.0852. The molecule has 0 saturated carbocycles. The predicted octanol–water partition coefficient (Wildman–Crippen LogP) is 4.41. The number of benzene rings is 2. The van der Waals surface area contributed by atoms with Crippen LogP contribution in [0.15, 0.2) is 47.5 Å². The van der Waals surface area contributed by atoms with Crippen LogP contribution < -0.4 is 4.90 Å². The Morgan fingerprint density at radius 2 is 1.96 bits per heavy atom. The molecule has 142 valence electrons. The summed E-state index contributed by atoms with van der Waals surface area (Å²) in [6.45, 7) is 0. The van der Waals surface area contributed by atoms with Crippen LogP contribution in [0.4, 0.5) is 10.1 Å². The largest absolute Gasteiger partial charge is 0.312 e. The van der Waals surface area contributed by atoms with E-state index >= 15 is 0 Å². The van der Waals surface area contributed by atoms with Crippen molar-refractivity contribution in [2.75, 3.05) is 16.4 Å². The van der Waals surface area contributed by atoms with Crippen molar-refractivity contribution in [3.8, 4) is 0 Å². The highest BCUT2D eigenvalue weighted by molar-refractivity contribution is 8.13. The second-order valence-electron chi connectivity index (χ2n) is 6.47. The van der Waals surface area contributed by atoms with Gasteiger partial charge in [0.05, 0.1) is 29.3 Å². The lowest BCUT2D eigenvalue weighted by Gasteiger charge is -2.26. The van der Waals surface area contributed by atoms with Crippen LogP contribution in [0.25, 0.3) is 0 Å². The minimum Gasteiger partial charge on any atom is -0.312 e. The Bertz CT molecular complexity index is 1030. The molecule has 4 rings (SSSR count). The number of para-hydroxylation sites is 1. The van der Waals surface area contributed by atoms with Gasteiger partial charge in [0.2, 0.25) is 0 Å². The molecule has 27 heavy (non-hydrogen) atoms. The van der Waals surface area contributed by atoms with E-state index in [0.29, 0.717) is 26.7 Å². The molecule has 1 fully saturated rings. The minimum absolute atomic E-state index is 0.00558. The molecular weight excluding hydrogens is 430 g/mol. The second-order valence-corrected chi connectivity index (χ2v) is 10.4. The Kier molecular flexibility index (Phi) is 5.14. The smallest absolute Gasteiger partial charge is 0.164 e. The van der Waals surface area contributed by atoms with E-state index in [0.717, 1.165) is 5.56 Å². The van der Waals surface area contributed by atoms with Crippen LogP contribution in [-0.4, -0.2) is 37.2 Å². The lowest BCUT2D eigenvalue weighted by Crippen LogP contribution is -2.39. The van der Waals surface area contributed by atoms with E-state index in [1.807, 2.05) is 6.07 Å². The average Bonchev–Trinajstić information content (AvgIpc) is 3.06. The number of halogens is 3. The average molecular weight is 445 g/mol. The Morgan fingerprint density at radius 3 is 2.70 bits per heavy atom. The second kappa shape index (κ2) is 7.28. The summed E-state index contributed by atoms with van der Waals surface area (Å²) in [5.41, 5.74) is 1.22. The van der Waals surface area contributed by atoms with Gasteiger partial charge in [-0.3, -0.25) is 4.99 Å². The molecule has 1 saturated heterocycles. The Morgan fingerprint density at radius 1 is 1.19 bits per heavy atom. The van der Waals surface area contributed by atoms with Gasteiger partial charge in [-0.05, 0) is 29.8 Å². The van der Waals surface area contributed by atoms with Gasteiger partial charge in [0.15, 0.2) is 15.0 Å². The Hall–Kier alpha value is -1.28. The summed E-state index contributed by atoms with van der Waals surface area (Å²) in [6.07, 6.45) is 0. The molecule has 2 unspecified atom stereocenters. The topological polar surface area (TPSA) is 49.7 Å². The van der Waals surface area contributed by atoms with Crippen LogP contribution in [0.1, 0.15) is 5.56 Å². The van der Waals surface area contributed by atoms with Crippen molar-refractivity contribution in [1.29, 1.82) is 0 Å². The summed E-state index contributed by atoms with van der Waals surface area (Å²) < 4.78 is 38.5. The van der Waals surface area contributed by atoms with E-state index in [4.69, 9.17) is 23.2 Å². The molecule has 2 heterocycles. The first kappa shape index (κ1) is 19.1. The van der Waals surface area contributed by atoms with Crippen molar-refractivity contribution < 1.29 is 12.8 Å². The third kappa shape index (κ3) is 3.83. The number of sulfone groups is 1. The molecule has 2 aromatic carbocycles. The van der Waals surface area contributed by atoms with Crippen LogP contribution in [0.3, 0.4) is 0 Å². The monoisotopic (exact) mass is 444 g/mol. The molecule has 0 spiro atoms. The van der Waals surface area contributed by atoms with Gasteiger partial charge in [-0.1, -0.05) is 53.2 Å². The predicted molar refractivity (Wildman–Crippen MR) is 110 cm³/mol. The van der Waals surface area contributed by atoms with E-state index in [2.05, 4.69) is 4.99 Å². The zero-order chi connectivity index (χ0) is 19.2. The van der Waals surface area contributed by atoms with Crippen molar-refractivity contribution in [2.24, 2.45) is 4.99 Å². The van der Waals surface area contributed by atoms with Crippen molar-refractivity contribution in [3.63, 3.8) is 0 Å². The zero-order valence-electron chi connectivity index (χ0n) is 14.0. The molecule has 0 amide bonds. The van der Waals surface area contributed by atoms with Gasteiger partial charge in [0.1, 0.15) is 5.82 Å². The normalized spacial score (nSPS) is 23.4. The molecular formula is C18H15Cl2FN2O2S2. The molecule has 2 aliphatic heterocycles. The molecule has 0 bridgehead atoms. The van der Waals surface area contributed by atoms with Crippen molar-refractivity contribution in [3.05, 3.63) is 63.9 Å². The summed E-state index contributed by atoms with van der Waals surface area (Å²) in [6, 6.07) is 10.9. The standard InChI is InChI=1S/C18H15Cl2FN2O2S2/c19-12-6-5-11(13(20)7-12)8-26-18-22-15-9-27(24,25)10-17(15)23(18)16-4-2-1-3-14(16)21/h1-7,15,17H,8-10H2. The molecule has 0 N–H and O–H groups in total. The fourth-order valence-electron chi connectivity index (χ4n) is 3.34. The first-order valence-electron chi connectivity index (χ1n) is 8.23. The third-order valence-electron chi connectivity index (χ3n) is 4.59. The summed E-state index contributed by atoms with van der Waals surface area (Å²) in [4.78, 5) is 6.32. The van der Waals surface area contributed by atoms with Crippen molar-refractivity contribution in [2.45, 2.75) is 17.8 Å². The van der Waals surface area contributed by atoms with E-state index in [9.17, 15) is 12.8 Å². The number of nitrogens with zero attached hydrogens (tertiary/aromatic N) is 2. The Labute approximate surface area is 171 Å². The maximum Gasteiger partial charge on any atom is 0.164 e. The molecule has 2 aromatic rings. The van der Waals surface area contributed by atoms with Gasteiger partial charge in [0, 0.05) is 15.8 Å². The number of rotatable bonds is 3. The zero-order valence-corrected chi connectivity index (χ0v) is 17.1. The summed E-state index contributed by atoms with van der Waals surface area (Å²) >= 11 is 13.6. The molecule has 0 aliphatic carbocycles. The highest BCUT2D eigenvalue weighted by Crippen LogP contribution is 2.37. The lowest BCUT2D eigenvalue weighted by molar-refractivity contribution is 0.600. The van der Waals surface area contributed by atoms with E-state index in [1.165, 1.54) is 17.8 Å². The number of thioether (sulfide) groups is 1. The van der Waals surface area contributed by atoms with Crippen LogP contribution in [0.2, 0.25) is 10.0 Å². The number of hydrogen-bond donors (Lipinski definition) is 0. The Balaban J connectivity index is 1.64. The summed E-state index contributed by atoms with van der Waals surface area (Å²) in [7, 11) is -3.18. The highest BCUT2D eigenvalue weighted by Gasteiger charge is 2.47. The first-order chi connectivity index (χ1) is 12.8. The number of amidine groups is 1. The first-order valence-corrected chi connectivity index (χ1v) is 11.8.